The molecule has 3 atom stereocenters. The molecule has 2 fully saturated rings. The van der Waals surface area contributed by atoms with Crippen LogP contribution in [0.3, 0.4) is 0 Å². The van der Waals surface area contributed by atoms with Gasteiger partial charge >= 0.3 is 0 Å². The van der Waals surface area contributed by atoms with Crippen molar-refractivity contribution in [1.82, 2.24) is 5.32 Å². The molecule has 0 aromatic rings. The average molecular weight is 197 g/mol. The molecule has 3 unspecified atom stereocenters. The summed E-state index contributed by atoms with van der Waals surface area (Å²) >= 11 is 0. The fraction of sp³-hybridized carbons (Fsp3) is 1.00. The first-order valence-electron chi connectivity index (χ1n) is 6.26. The normalized spacial score (nSPS) is 40.5. The molecule has 0 bridgehead atoms. The Morgan fingerprint density at radius 3 is 2.57 bits per heavy atom. The third-order valence-electron chi connectivity index (χ3n) is 3.97. The lowest BCUT2D eigenvalue weighted by molar-refractivity contribution is 0.0573. The number of aliphatic hydroxyl groups is 1. The maximum atomic E-state index is 10.1. The first-order chi connectivity index (χ1) is 6.88. The van der Waals surface area contributed by atoms with Gasteiger partial charge in [-0.05, 0) is 50.6 Å². The van der Waals surface area contributed by atoms with E-state index in [1.54, 1.807) is 0 Å². The van der Waals surface area contributed by atoms with Crippen molar-refractivity contribution in [3.05, 3.63) is 0 Å². The van der Waals surface area contributed by atoms with Gasteiger partial charge in [-0.25, -0.2) is 0 Å². The lowest BCUT2D eigenvalue weighted by Crippen LogP contribution is -2.38. The van der Waals surface area contributed by atoms with Crippen LogP contribution in [0.2, 0.25) is 0 Å². The van der Waals surface area contributed by atoms with Gasteiger partial charge in [-0.3, -0.25) is 0 Å². The summed E-state index contributed by atoms with van der Waals surface area (Å²) in [5, 5.41) is 13.5. The summed E-state index contributed by atoms with van der Waals surface area (Å²) in [6.45, 7) is 2.32. The molecule has 2 N–H and O–H groups in total. The smallest absolute Gasteiger partial charge is 0.0571 e. The van der Waals surface area contributed by atoms with Gasteiger partial charge in [0, 0.05) is 0 Å². The summed E-state index contributed by atoms with van der Waals surface area (Å²) in [5.74, 6) is 1.34. The van der Waals surface area contributed by atoms with Crippen molar-refractivity contribution >= 4 is 0 Å². The standard InChI is InChI=1S/C12H23NO/c14-12-7-3-1-2-6-11(12)10-5-4-8-13-9-10/h10-14H,1-9H2. The first-order valence-corrected chi connectivity index (χ1v) is 6.26. The minimum Gasteiger partial charge on any atom is -0.393 e. The lowest BCUT2D eigenvalue weighted by Gasteiger charge is -2.32. The molecule has 2 rings (SSSR count). The van der Waals surface area contributed by atoms with E-state index in [9.17, 15) is 5.11 Å². The molecule has 1 saturated carbocycles. The Kier molecular flexibility index (Phi) is 3.82. The zero-order valence-corrected chi connectivity index (χ0v) is 9.04. The van der Waals surface area contributed by atoms with E-state index in [4.69, 9.17) is 0 Å². The van der Waals surface area contributed by atoms with E-state index in [0.717, 1.165) is 18.9 Å². The van der Waals surface area contributed by atoms with Gasteiger partial charge in [0.1, 0.15) is 0 Å². The molecule has 1 saturated heterocycles. The Bertz CT molecular complexity index is 166. The van der Waals surface area contributed by atoms with E-state index in [1.165, 1.54) is 45.1 Å². The topological polar surface area (TPSA) is 32.3 Å². The van der Waals surface area contributed by atoms with Crippen molar-refractivity contribution in [1.29, 1.82) is 0 Å². The van der Waals surface area contributed by atoms with Crippen LogP contribution in [0.5, 0.6) is 0 Å². The molecule has 1 aliphatic carbocycles. The zero-order chi connectivity index (χ0) is 9.80. The highest BCUT2D eigenvalue weighted by molar-refractivity contribution is 4.82. The quantitative estimate of drug-likeness (QED) is 0.630. The molecule has 2 heteroatoms. The van der Waals surface area contributed by atoms with Gasteiger partial charge in [0.2, 0.25) is 0 Å². The summed E-state index contributed by atoms with van der Waals surface area (Å²) in [4.78, 5) is 0. The molecule has 2 nitrogen and oxygen atoms in total. The minimum absolute atomic E-state index is 0.0117. The third-order valence-corrected chi connectivity index (χ3v) is 3.97. The van der Waals surface area contributed by atoms with Crippen molar-refractivity contribution in [3.63, 3.8) is 0 Å². The summed E-state index contributed by atoms with van der Waals surface area (Å²) in [6, 6.07) is 0. The van der Waals surface area contributed by atoms with Crippen LogP contribution in [-0.4, -0.2) is 24.3 Å². The van der Waals surface area contributed by atoms with Crippen molar-refractivity contribution in [2.24, 2.45) is 11.8 Å². The summed E-state index contributed by atoms with van der Waals surface area (Å²) < 4.78 is 0. The number of hydrogen-bond donors (Lipinski definition) is 2. The highest BCUT2D eigenvalue weighted by Gasteiger charge is 2.29. The summed E-state index contributed by atoms with van der Waals surface area (Å²) in [7, 11) is 0. The van der Waals surface area contributed by atoms with Crippen LogP contribution in [0.25, 0.3) is 0 Å². The fourth-order valence-corrected chi connectivity index (χ4v) is 3.11. The van der Waals surface area contributed by atoms with Crippen molar-refractivity contribution < 1.29 is 5.11 Å². The Morgan fingerprint density at radius 2 is 1.79 bits per heavy atom. The van der Waals surface area contributed by atoms with E-state index < -0.39 is 0 Å². The highest BCUT2D eigenvalue weighted by Crippen LogP contribution is 2.32. The van der Waals surface area contributed by atoms with Crippen molar-refractivity contribution in [2.45, 2.75) is 51.0 Å². The lowest BCUT2D eigenvalue weighted by atomic mass is 9.80. The van der Waals surface area contributed by atoms with Crippen LogP contribution in [0.1, 0.15) is 44.9 Å². The van der Waals surface area contributed by atoms with Gasteiger partial charge in [-0.2, -0.15) is 0 Å². The number of rotatable bonds is 1. The first kappa shape index (κ1) is 10.4. The molecular weight excluding hydrogens is 174 g/mol. The van der Waals surface area contributed by atoms with Crippen LogP contribution < -0.4 is 5.32 Å². The largest absolute Gasteiger partial charge is 0.393 e. The van der Waals surface area contributed by atoms with E-state index in [0.29, 0.717) is 5.92 Å². The number of aliphatic hydroxyl groups excluding tert-OH is 1. The van der Waals surface area contributed by atoms with Crippen LogP contribution >= 0.6 is 0 Å². The van der Waals surface area contributed by atoms with E-state index in [2.05, 4.69) is 5.32 Å². The van der Waals surface area contributed by atoms with Crippen molar-refractivity contribution in [2.75, 3.05) is 13.1 Å². The van der Waals surface area contributed by atoms with Crippen LogP contribution in [0.15, 0.2) is 0 Å². The third kappa shape index (κ3) is 2.48. The number of piperidine rings is 1. The summed E-state index contributed by atoms with van der Waals surface area (Å²) in [6.07, 6.45) is 8.81. The maximum absolute atomic E-state index is 10.1. The molecule has 2 aliphatic rings. The zero-order valence-electron chi connectivity index (χ0n) is 9.04. The SMILES string of the molecule is OC1CCCCCC1C1CCCNC1. The van der Waals surface area contributed by atoms with Crippen molar-refractivity contribution in [3.8, 4) is 0 Å². The Labute approximate surface area is 87.1 Å². The predicted octanol–water partition coefficient (Wildman–Crippen LogP) is 1.93. The van der Waals surface area contributed by atoms with Crippen LogP contribution in [0.4, 0.5) is 0 Å². The van der Waals surface area contributed by atoms with E-state index >= 15 is 0 Å². The Hall–Kier alpha value is -0.0800. The monoisotopic (exact) mass is 197 g/mol. The highest BCUT2D eigenvalue weighted by atomic mass is 16.3. The van der Waals surface area contributed by atoms with Gasteiger partial charge in [0.25, 0.3) is 0 Å². The molecule has 0 spiro atoms. The maximum Gasteiger partial charge on any atom is 0.0571 e. The van der Waals surface area contributed by atoms with E-state index in [1.807, 2.05) is 0 Å². The van der Waals surface area contributed by atoms with Gasteiger partial charge in [0.15, 0.2) is 0 Å². The second-order valence-corrected chi connectivity index (χ2v) is 4.98. The molecule has 0 aromatic heterocycles. The average Bonchev–Trinajstić information content (AvgIpc) is 2.44. The molecule has 1 heterocycles. The molecule has 82 valence electrons. The molecule has 0 amide bonds. The predicted molar refractivity (Wildman–Crippen MR) is 58.2 cm³/mol. The Morgan fingerprint density at radius 1 is 0.929 bits per heavy atom. The second-order valence-electron chi connectivity index (χ2n) is 4.98. The number of hydrogen-bond acceptors (Lipinski definition) is 2. The molecular formula is C12H23NO. The Balaban J connectivity index is 1.91. The van der Waals surface area contributed by atoms with Crippen LogP contribution in [0, 0.1) is 11.8 Å². The van der Waals surface area contributed by atoms with Gasteiger partial charge in [-0.1, -0.05) is 19.3 Å². The second kappa shape index (κ2) is 5.13. The van der Waals surface area contributed by atoms with Gasteiger partial charge in [-0.15, -0.1) is 0 Å². The molecule has 1 aliphatic heterocycles. The molecule has 0 radical (unpaired) electrons. The summed E-state index contributed by atoms with van der Waals surface area (Å²) in [5.41, 5.74) is 0. The van der Waals surface area contributed by atoms with E-state index in [-0.39, 0.29) is 6.10 Å². The van der Waals surface area contributed by atoms with Gasteiger partial charge in [0.05, 0.1) is 6.10 Å². The van der Waals surface area contributed by atoms with Gasteiger partial charge < -0.3 is 10.4 Å². The van der Waals surface area contributed by atoms with Crippen LogP contribution in [-0.2, 0) is 0 Å². The molecule has 0 aromatic carbocycles. The molecule has 14 heavy (non-hydrogen) atoms. The number of nitrogens with one attached hydrogen (secondary N) is 1. The fourth-order valence-electron chi connectivity index (χ4n) is 3.11. The minimum atomic E-state index is -0.0117.